The van der Waals surface area contributed by atoms with Gasteiger partial charge in [-0.25, -0.2) is 9.79 Å². The number of carbonyl (C=O) groups is 1. The van der Waals surface area contributed by atoms with E-state index in [1.54, 1.807) is 11.8 Å². The topological polar surface area (TPSA) is 73.9 Å². The molecule has 4 aromatic carbocycles. The molecule has 0 radical (unpaired) electrons. The van der Waals surface area contributed by atoms with Crippen molar-refractivity contribution >= 4 is 48.4 Å². The highest BCUT2D eigenvalue weighted by Gasteiger charge is 2.52. The van der Waals surface area contributed by atoms with Gasteiger partial charge in [-0.1, -0.05) is 99.6 Å². The predicted octanol–water partition coefficient (Wildman–Crippen LogP) is 6.63. The van der Waals surface area contributed by atoms with Crippen LogP contribution in [-0.4, -0.2) is 27.7 Å². The van der Waals surface area contributed by atoms with E-state index in [1.807, 2.05) is 79.7 Å². The molecule has 0 aliphatic heterocycles. The van der Waals surface area contributed by atoms with Gasteiger partial charge in [-0.3, -0.25) is 0 Å². The number of aryl methyl sites for hydroxylation is 1. The van der Waals surface area contributed by atoms with E-state index in [2.05, 4.69) is 50.0 Å². The summed E-state index contributed by atoms with van der Waals surface area (Å²) in [6.45, 7) is 8.60. The van der Waals surface area contributed by atoms with Crippen molar-refractivity contribution in [2.24, 2.45) is 10.7 Å². The first kappa shape index (κ1) is 29.2. The molecular weight excluding hydrogens is 533 g/mol. The van der Waals surface area contributed by atoms with E-state index in [-0.39, 0.29) is 5.04 Å². The first-order chi connectivity index (χ1) is 19.2. The third-order valence-corrected chi connectivity index (χ3v) is 12.9. The average molecular weight is 569 g/mol. The summed E-state index contributed by atoms with van der Waals surface area (Å²) in [4.78, 5) is 19.1. The van der Waals surface area contributed by atoms with Gasteiger partial charge in [-0.2, -0.15) is 0 Å². The van der Waals surface area contributed by atoms with E-state index in [9.17, 15) is 4.79 Å². The molecule has 0 amide bonds. The van der Waals surface area contributed by atoms with Crippen molar-refractivity contribution in [3.63, 3.8) is 0 Å². The Bertz CT molecular complexity index is 1430. The molecule has 4 rings (SSSR count). The first-order valence-corrected chi connectivity index (χ1v) is 16.1. The molecule has 2 N–H and O–H groups in total. The maximum atomic E-state index is 13.6. The number of rotatable bonds is 9. The van der Waals surface area contributed by atoms with Crippen LogP contribution in [0, 0.1) is 6.92 Å². The summed E-state index contributed by atoms with van der Waals surface area (Å²) in [5.41, 5.74) is 8.41. The van der Waals surface area contributed by atoms with Crippen LogP contribution in [0.1, 0.15) is 42.3 Å². The molecule has 0 unspecified atom stereocenters. The Labute approximate surface area is 242 Å². The number of carbonyl (C=O) groups excluding carboxylic acids is 1. The van der Waals surface area contributed by atoms with Gasteiger partial charge in [0.2, 0.25) is 0 Å². The molecule has 206 valence electrons. The normalized spacial score (nSPS) is 11.9. The van der Waals surface area contributed by atoms with Crippen LogP contribution >= 0.6 is 11.8 Å². The summed E-state index contributed by atoms with van der Waals surface area (Å²) in [6, 6.07) is 32.7. The largest absolute Gasteiger partial charge is 0.533 e. The molecule has 0 fully saturated rings. The van der Waals surface area contributed by atoms with E-state index in [1.165, 1.54) is 13.4 Å². The van der Waals surface area contributed by atoms with E-state index in [4.69, 9.17) is 14.9 Å². The number of nitrogens with zero attached hydrogens (tertiary/aromatic N) is 1. The lowest BCUT2D eigenvalue weighted by Gasteiger charge is -2.43. The zero-order valence-electron chi connectivity index (χ0n) is 23.7. The van der Waals surface area contributed by atoms with Crippen molar-refractivity contribution in [3.8, 4) is 5.75 Å². The fourth-order valence-electron chi connectivity index (χ4n) is 5.13. The minimum Gasteiger partial charge on any atom is -0.533 e. The van der Waals surface area contributed by atoms with Gasteiger partial charge in [0.15, 0.2) is 0 Å². The number of esters is 1. The molecule has 0 bridgehead atoms. The van der Waals surface area contributed by atoms with Gasteiger partial charge in [-0.15, -0.1) is 11.8 Å². The third-order valence-electron chi connectivity index (χ3n) is 6.95. The number of benzene rings is 4. The van der Waals surface area contributed by atoms with Crippen molar-refractivity contribution in [1.82, 2.24) is 0 Å². The van der Waals surface area contributed by atoms with Crippen molar-refractivity contribution < 1.29 is 14.0 Å². The molecule has 7 heteroatoms. The van der Waals surface area contributed by atoms with Crippen LogP contribution in [0.2, 0.25) is 5.04 Å². The molecule has 0 heterocycles. The van der Waals surface area contributed by atoms with Crippen LogP contribution in [-0.2, 0) is 10.5 Å². The summed E-state index contributed by atoms with van der Waals surface area (Å²) in [7, 11) is -1.63. The molecule has 0 saturated heterocycles. The molecule has 0 spiro atoms. The van der Waals surface area contributed by atoms with Gasteiger partial charge < -0.3 is 14.9 Å². The molecule has 4 aromatic rings. The monoisotopic (exact) mass is 568 g/mol. The second kappa shape index (κ2) is 12.6. The molecule has 0 atom stereocenters. The Balaban J connectivity index is 2.00. The quantitative estimate of drug-likeness (QED) is 0.0806. The van der Waals surface area contributed by atoms with Crippen molar-refractivity contribution in [2.75, 3.05) is 7.11 Å². The van der Waals surface area contributed by atoms with Crippen LogP contribution in [0.5, 0.6) is 5.75 Å². The Kier molecular flexibility index (Phi) is 9.17. The number of hydrogen-bond acceptors (Lipinski definition) is 5. The number of thioether (sulfide) groups is 1. The number of methoxy groups -OCH3 is 1. The number of ether oxygens (including phenoxy) is 1. The van der Waals surface area contributed by atoms with Gasteiger partial charge in [0.1, 0.15) is 11.3 Å². The molecule has 40 heavy (non-hydrogen) atoms. The second-order valence-electron chi connectivity index (χ2n) is 10.5. The molecule has 5 nitrogen and oxygen atoms in total. The highest BCUT2D eigenvalue weighted by atomic mass is 32.2. The van der Waals surface area contributed by atoms with Crippen molar-refractivity contribution in [3.05, 3.63) is 114 Å². The average Bonchev–Trinajstić information content (AvgIpc) is 2.96. The van der Waals surface area contributed by atoms with Crippen molar-refractivity contribution in [2.45, 2.75) is 43.4 Å². The molecule has 0 aliphatic carbocycles. The lowest BCUT2D eigenvalue weighted by atomic mass is 10.0. The molecule has 0 aromatic heterocycles. The smallest absolute Gasteiger partial charge is 0.341 e. The van der Waals surface area contributed by atoms with Crippen LogP contribution in [0.3, 0.4) is 0 Å². The standard InChI is InChI=1S/C33H36N2O3SSi/c1-24-21-29(30(32(36)37-5)28(31(24)35-23-34)22-39-25-15-9-6-10-16-25)38-40(33(2,3)4,26-17-11-7-12-18-26)27-19-13-8-14-20-27/h6-21,23H,22H2,1-5H3,(H2,34,35). The van der Waals surface area contributed by atoms with Gasteiger partial charge in [0.05, 0.1) is 19.1 Å². The zero-order chi connectivity index (χ0) is 28.8. The summed E-state index contributed by atoms with van der Waals surface area (Å²) in [6.07, 6.45) is 1.27. The zero-order valence-corrected chi connectivity index (χ0v) is 25.5. The summed E-state index contributed by atoms with van der Waals surface area (Å²) in [5, 5.41) is 1.95. The molecular formula is C33H36N2O3SSi. The Hall–Kier alpha value is -3.81. The van der Waals surface area contributed by atoms with Crippen LogP contribution in [0.4, 0.5) is 5.69 Å². The fourth-order valence-corrected chi connectivity index (χ4v) is 10.5. The summed E-state index contributed by atoms with van der Waals surface area (Å²) < 4.78 is 12.7. The third kappa shape index (κ3) is 5.86. The van der Waals surface area contributed by atoms with E-state index in [0.29, 0.717) is 22.8 Å². The van der Waals surface area contributed by atoms with Gasteiger partial charge in [0.25, 0.3) is 0 Å². The molecule has 0 aliphatic rings. The Morgan fingerprint density at radius 2 is 1.45 bits per heavy atom. The van der Waals surface area contributed by atoms with E-state index >= 15 is 0 Å². The summed E-state index contributed by atoms with van der Waals surface area (Å²) in [5.74, 6) is 0.517. The minimum absolute atomic E-state index is 0.288. The number of aliphatic imine (C=N–C) groups is 1. The number of nitrogens with two attached hydrogens (primary N) is 1. The second-order valence-corrected chi connectivity index (χ2v) is 15.8. The highest BCUT2D eigenvalue weighted by molar-refractivity contribution is 7.98. The maximum Gasteiger partial charge on any atom is 0.341 e. The van der Waals surface area contributed by atoms with Gasteiger partial charge in [0, 0.05) is 16.2 Å². The van der Waals surface area contributed by atoms with Crippen molar-refractivity contribution in [1.29, 1.82) is 0 Å². The maximum absolute atomic E-state index is 13.6. The van der Waals surface area contributed by atoms with E-state index < -0.39 is 14.3 Å². The Morgan fingerprint density at radius 3 is 1.93 bits per heavy atom. The van der Waals surface area contributed by atoms with Crippen LogP contribution in [0.15, 0.2) is 107 Å². The lowest BCUT2D eigenvalue weighted by molar-refractivity contribution is 0.0597. The summed E-state index contributed by atoms with van der Waals surface area (Å²) >= 11 is 1.62. The van der Waals surface area contributed by atoms with E-state index in [0.717, 1.165) is 26.4 Å². The van der Waals surface area contributed by atoms with Crippen LogP contribution < -0.4 is 20.5 Å². The number of hydrogen-bond donors (Lipinski definition) is 1. The van der Waals surface area contributed by atoms with Gasteiger partial charge in [-0.05, 0) is 46.1 Å². The highest BCUT2D eigenvalue weighted by Crippen LogP contribution is 2.43. The van der Waals surface area contributed by atoms with Gasteiger partial charge >= 0.3 is 14.3 Å². The lowest BCUT2D eigenvalue weighted by Crippen LogP contribution is -2.69. The first-order valence-electron chi connectivity index (χ1n) is 13.2. The molecule has 0 saturated carbocycles. The predicted molar refractivity (Wildman–Crippen MR) is 169 cm³/mol. The Morgan fingerprint density at radius 1 is 0.925 bits per heavy atom. The fraction of sp³-hybridized carbons (Fsp3) is 0.212. The SMILES string of the molecule is COC(=O)c1c(O[Si](c2ccccc2)(c2ccccc2)C(C)(C)C)cc(C)c(/N=C\N)c1CSc1ccccc1. The minimum atomic E-state index is -3.03. The van der Waals surface area contributed by atoms with Crippen LogP contribution in [0.25, 0.3) is 0 Å².